The van der Waals surface area contributed by atoms with Crippen LogP contribution in [0.2, 0.25) is 0 Å². The van der Waals surface area contributed by atoms with Gasteiger partial charge in [0, 0.05) is 9.26 Å². The number of carbonyl (C=O) groups excluding carboxylic acids is 1. The molecule has 0 bridgehead atoms. The summed E-state index contributed by atoms with van der Waals surface area (Å²) in [7, 11) is 0. The van der Waals surface area contributed by atoms with Gasteiger partial charge in [-0.05, 0) is 78.6 Å². The van der Waals surface area contributed by atoms with Gasteiger partial charge in [0.25, 0.3) is 5.91 Å². The van der Waals surface area contributed by atoms with E-state index >= 15 is 0 Å². The van der Waals surface area contributed by atoms with Crippen LogP contribution < -0.4 is 10.8 Å². The van der Waals surface area contributed by atoms with Gasteiger partial charge < -0.3 is 10.4 Å². The molecule has 0 saturated heterocycles. The van der Waals surface area contributed by atoms with E-state index in [1.54, 1.807) is 19.1 Å². The Balaban J connectivity index is 1.85. The number of anilines is 2. The first-order chi connectivity index (χ1) is 13.2. The quantitative estimate of drug-likeness (QED) is 0.310. The molecule has 0 heterocycles. The maximum absolute atomic E-state index is 14.4. The summed E-state index contributed by atoms with van der Waals surface area (Å²) in [6.45, 7) is 1.61. The van der Waals surface area contributed by atoms with Crippen LogP contribution in [-0.2, 0) is 4.84 Å². The number of amides is 1. The van der Waals surface area contributed by atoms with Gasteiger partial charge in [-0.25, -0.2) is 18.7 Å². The average molecular weight is 506 g/mol. The second-order valence-corrected chi connectivity index (χ2v) is 8.04. The van der Waals surface area contributed by atoms with Crippen LogP contribution in [0.1, 0.15) is 35.2 Å². The zero-order valence-corrected chi connectivity index (χ0v) is 17.1. The highest BCUT2D eigenvalue weighted by atomic mass is 127. The molecule has 3 N–H and O–H groups in total. The van der Waals surface area contributed by atoms with Gasteiger partial charge in [-0.3, -0.25) is 9.63 Å². The molecule has 0 unspecified atom stereocenters. The molecule has 9 heteroatoms. The summed E-state index contributed by atoms with van der Waals surface area (Å²) in [6, 6.07) is 5.79. The Bertz CT molecular complexity index is 920. The van der Waals surface area contributed by atoms with E-state index in [2.05, 4.69) is 33.4 Å². The van der Waals surface area contributed by atoms with E-state index in [1.165, 1.54) is 0 Å². The number of aryl methyl sites for hydroxylation is 1. The molecule has 1 amide bonds. The summed E-state index contributed by atoms with van der Waals surface area (Å²) >= 11 is 2.10. The summed E-state index contributed by atoms with van der Waals surface area (Å²) < 4.78 is 42.9. The Labute approximate surface area is 173 Å². The van der Waals surface area contributed by atoms with Crippen molar-refractivity contribution < 1.29 is 27.9 Å². The Morgan fingerprint density at radius 3 is 2.57 bits per heavy atom. The number of benzene rings is 2. The SMILES string of the molecule is Cc1cc(I)ccc1Nc1c(C(=O)NOCC2(O)CCC2)cc(F)c(F)c1F. The van der Waals surface area contributed by atoms with Gasteiger partial charge in [0.2, 0.25) is 0 Å². The molecule has 150 valence electrons. The summed E-state index contributed by atoms with van der Waals surface area (Å²) in [4.78, 5) is 17.4. The van der Waals surface area contributed by atoms with Crippen molar-refractivity contribution in [3.63, 3.8) is 0 Å². The predicted octanol–water partition coefficient (Wildman–Crippen LogP) is 4.34. The van der Waals surface area contributed by atoms with Gasteiger partial charge >= 0.3 is 0 Å². The smallest absolute Gasteiger partial charge is 0.277 e. The van der Waals surface area contributed by atoms with E-state index in [-0.39, 0.29) is 6.61 Å². The summed E-state index contributed by atoms with van der Waals surface area (Å²) in [6.07, 6.45) is 1.94. The fourth-order valence-corrected chi connectivity index (χ4v) is 3.47. The number of aliphatic hydroxyl groups is 1. The van der Waals surface area contributed by atoms with Crippen LogP contribution in [0.5, 0.6) is 0 Å². The highest BCUT2D eigenvalue weighted by Gasteiger charge is 2.35. The molecular weight excluding hydrogens is 488 g/mol. The Morgan fingerprint density at radius 1 is 1.25 bits per heavy atom. The van der Waals surface area contributed by atoms with Crippen LogP contribution in [0.4, 0.5) is 24.5 Å². The van der Waals surface area contributed by atoms with E-state index in [0.29, 0.717) is 24.6 Å². The zero-order chi connectivity index (χ0) is 20.5. The zero-order valence-electron chi connectivity index (χ0n) is 14.9. The van der Waals surface area contributed by atoms with Crippen LogP contribution >= 0.6 is 22.6 Å². The van der Waals surface area contributed by atoms with Crippen molar-refractivity contribution >= 4 is 39.9 Å². The molecule has 0 spiro atoms. The second kappa shape index (κ2) is 8.26. The molecule has 0 aromatic heterocycles. The van der Waals surface area contributed by atoms with Crippen LogP contribution in [-0.4, -0.2) is 23.2 Å². The summed E-state index contributed by atoms with van der Waals surface area (Å²) in [5, 5.41) is 12.6. The molecule has 0 atom stereocenters. The van der Waals surface area contributed by atoms with Crippen molar-refractivity contribution in [2.75, 3.05) is 11.9 Å². The number of hydrogen-bond donors (Lipinski definition) is 3. The Morgan fingerprint density at radius 2 is 1.96 bits per heavy atom. The van der Waals surface area contributed by atoms with Gasteiger partial charge in [-0.2, -0.15) is 0 Å². The fourth-order valence-electron chi connectivity index (χ4n) is 2.82. The molecule has 2 aromatic carbocycles. The molecule has 0 aliphatic heterocycles. The van der Waals surface area contributed by atoms with Crippen molar-refractivity contribution in [1.29, 1.82) is 0 Å². The number of halogens is 4. The first kappa shape index (κ1) is 20.9. The fraction of sp³-hybridized carbons (Fsp3) is 0.316. The highest BCUT2D eigenvalue weighted by molar-refractivity contribution is 14.1. The van der Waals surface area contributed by atoms with Crippen molar-refractivity contribution in [3.05, 3.63) is 56.4 Å². The third-order valence-corrected chi connectivity index (χ3v) is 5.32. The van der Waals surface area contributed by atoms with Crippen LogP contribution in [0.15, 0.2) is 24.3 Å². The minimum atomic E-state index is -1.69. The number of carbonyl (C=O) groups is 1. The maximum Gasteiger partial charge on any atom is 0.277 e. The van der Waals surface area contributed by atoms with E-state index in [9.17, 15) is 23.1 Å². The molecule has 28 heavy (non-hydrogen) atoms. The Kier molecular flexibility index (Phi) is 6.15. The first-order valence-corrected chi connectivity index (χ1v) is 9.63. The third-order valence-electron chi connectivity index (χ3n) is 4.65. The van der Waals surface area contributed by atoms with E-state index < -0.39 is 40.2 Å². The van der Waals surface area contributed by atoms with Crippen molar-refractivity contribution in [3.8, 4) is 0 Å². The number of nitrogens with one attached hydrogen (secondary N) is 2. The van der Waals surface area contributed by atoms with Gasteiger partial charge in [-0.15, -0.1) is 0 Å². The van der Waals surface area contributed by atoms with E-state index in [1.807, 2.05) is 6.07 Å². The first-order valence-electron chi connectivity index (χ1n) is 8.55. The van der Waals surface area contributed by atoms with Gasteiger partial charge in [0.15, 0.2) is 17.5 Å². The van der Waals surface area contributed by atoms with Gasteiger partial charge in [0.05, 0.1) is 16.9 Å². The third kappa shape index (κ3) is 4.41. The second-order valence-electron chi connectivity index (χ2n) is 6.79. The maximum atomic E-state index is 14.4. The minimum Gasteiger partial charge on any atom is -0.387 e. The van der Waals surface area contributed by atoms with Crippen LogP contribution in [0.25, 0.3) is 0 Å². The summed E-state index contributed by atoms with van der Waals surface area (Å²) in [5.41, 5.74) is 1.23. The van der Waals surface area contributed by atoms with E-state index in [4.69, 9.17) is 4.84 Å². The highest BCUT2D eigenvalue weighted by Crippen LogP contribution is 2.32. The van der Waals surface area contributed by atoms with Gasteiger partial charge in [-0.1, -0.05) is 0 Å². The van der Waals surface area contributed by atoms with Crippen molar-refractivity contribution in [2.24, 2.45) is 0 Å². The molecule has 1 aliphatic carbocycles. The molecule has 1 fully saturated rings. The Hall–Kier alpha value is -1.85. The van der Waals surface area contributed by atoms with E-state index in [0.717, 1.165) is 15.6 Å². The molecule has 0 radical (unpaired) electrons. The standard InChI is InChI=1S/C19H18F3IN2O3/c1-10-7-11(23)3-4-14(10)24-17-12(8-13(20)15(21)16(17)22)18(26)25-28-9-19(27)5-2-6-19/h3-4,7-8,24,27H,2,5-6,9H2,1H3,(H,25,26). The van der Waals surface area contributed by atoms with Crippen LogP contribution in [0, 0.1) is 27.9 Å². The summed E-state index contributed by atoms with van der Waals surface area (Å²) in [5.74, 6) is -5.66. The molecule has 2 aromatic rings. The largest absolute Gasteiger partial charge is 0.387 e. The molecule has 1 saturated carbocycles. The van der Waals surface area contributed by atoms with Crippen molar-refractivity contribution in [1.82, 2.24) is 5.48 Å². The molecule has 5 nitrogen and oxygen atoms in total. The topological polar surface area (TPSA) is 70.6 Å². The monoisotopic (exact) mass is 506 g/mol. The number of hydroxylamine groups is 1. The normalized spacial score (nSPS) is 15.1. The predicted molar refractivity (Wildman–Crippen MR) is 106 cm³/mol. The van der Waals surface area contributed by atoms with Crippen molar-refractivity contribution in [2.45, 2.75) is 31.8 Å². The molecule has 3 rings (SSSR count). The lowest BCUT2D eigenvalue weighted by Crippen LogP contribution is -2.44. The number of hydrogen-bond acceptors (Lipinski definition) is 4. The average Bonchev–Trinajstić information content (AvgIpc) is 2.62. The minimum absolute atomic E-state index is 0.149. The molecular formula is C19H18F3IN2O3. The lowest BCUT2D eigenvalue weighted by molar-refractivity contribution is -0.113. The van der Waals surface area contributed by atoms with Gasteiger partial charge in [0.1, 0.15) is 6.61 Å². The van der Waals surface area contributed by atoms with Crippen LogP contribution in [0.3, 0.4) is 0 Å². The molecule has 1 aliphatic rings. The lowest BCUT2D eigenvalue weighted by Gasteiger charge is -2.35. The lowest BCUT2D eigenvalue weighted by atomic mass is 9.81. The number of rotatable bonds is 6.